The Kier molecular flexibility index (Phi) is 7.74. The summed E-state index contributed by atoms with van der Waals surface area (Å²) in [6, 6.07) is 9.32. The van der Waals surface area contributed by atoms with Crippen molar-refractivity contribution >= 4 is 37.3 Å². The first-order valence-electron chi connectivity index (χ1n) is 10.6. The van der Waals surface area contributed by atoms with Crippen molar-refractivity contribution < 1.29 is 31.1 Å². The molecule has 12 heteroatoms. The van der Waals surface area contributed by atoms with E-state index in [1.54, 1.807) is 12.1 Å². The zero-order valence-electron chi connectivity index (χ0n) is 19.5. The maximum atomic E-state index is 13.1. The second-order valence-electron chi connectivity index (χ2n) is 7.90. The van der Waals surface area contributed by atoms with Crippen molar-refractivity contribution in [1.82, 2.24) is 4.31 Å². The van der Waals surface area contributed by atoms with Crippen molar-refractivity contribution in [3.8, 4) is 11.5 Å². The third-order valence-corrected chi connectivity index (χ3v) is 8.68. The van der Waals surface area contributed by atoms with Crippen LogP contribution in [0.5, 0.6) is 11.5 Å². The number of methoxy groups -OCH3 is 2. The lowest BCUT2D eigenvalue weighted by Gasteiger charge is -2.28. The van der Waals surface area contributed by atoms with E-state index in [9.17, 15) is 21.6 Å². The Labute approximate surface area is 200 Å². The smallest absolute Gasteiger partial charge is 0.248 e. The molecule has 1 aliphatic heterocycles. The van der Waals surface area contributed by atoms with E-state index in [0.717, 1.165) is 23.4 Å². The summed E-state index contributed by atoms with van der Waals surface area (Å²) in [5, 5.41) is 2.63. The summed E-state index contributed by atoms with van der Waals surface area (Å²) in [5.41, 5.74) is 0.408. The highest BCUT2D eigenvalue weighted by atomic mass is 32.2. The fraction of sp³-hybridized carbons (Fsp3) is 0.409. The van der Waals surface area contributed by atoms with Gasteiger partial charge in [-0.1, -0.05) is 0 Å². The molecular formula is C22H29N3O7S2. The number of hydrogen-bond acceptors (Lipinski definition) is 7. The van der Waals surface area contributed by atoms with Gasteiger partial charge in [0.25, 0.3) is 0 Å². The van der Waals surface area contributed by atoms with E-state index in [1.165, 1.54) is 55.8 Å². The predicted molar refractivity (Wildman–Crippen MR) is 129 cm³/mol. The summed E-state index contributed by atoms with van der Waals surface area (Å²) < 4.78 is 63.8. The summed E-state index contributed by atoms with van der Waals surface area (Å²) >= 11 is 0. The highest BCUT2D eigenvalue weighted by Gasteiger charge is 2.31. The Morgan fingerprint density at radius 3 is 2.15 bits per heavy atom. The van der Waals surface area contributed by atoms with Crippen molar-refractivity contribution in [2.45, 2.75) is 30.7 Å². The van der Waals surface area contributed by atoms with Gasteiger partial charge < -0.3 is 14.8 Å². The molecule has 1 aliphatic rings. The van der Waals surface area contributed by atoms with E-state index in [2.05, 4.69) is 5.32 Å². The highest BCUT2D eigenvalue weighted by molar-refractivity contribution is 7.92. The van der Waals surface area contributed by atoms with Crippen molar-refractivity contribution in [3.05, 3.63) is 42.5 Å². The monoisotopic (exact) mass is 511 g/mol. The second kappa shape index (κ2) is 10.2. The zero-order chi connectivity index (χ0) is 25.1. The number of nitrogens with one attached hydrogen (secondary N) is 1. The van der Waals surface area contributed by atoms with Crippen LogP contribution in [0, 0.1) is 0 Å². The van der Waals surface area contributed by atoms with Crippen molar-refractivity contribution in [1.29, 1.82) is 0 Å². The molecule has 1 saturated heterocycles. The maximum absolute atomic E-state index is 13.1. The number of hydrogen-bond donors (Lipinski definition) is 1. The number of carbonyl (C=O) groups is 1. The minimum Gasteiger partial charge on any atom is -0.497 e. The Hall–Kier alpha value is -2.83. The molecule has 1 amide bonds. The molecule has 1 atom stereocenters. The van der Waals surface area contributed by atoms with Gasteiger partial charge in [0.2, 0.25) is 26.0 Å². The Morgan fingerprint density at radius 2 is 1.62 bits per heavy atom. The molecule has 1 fully saturated rings. The lowest BCUT2D eigenvalue weighted by atomic mass is 10.2. The molecule has 0 radical (unpaired) electrons. The maximum Gasteiger partial charge on any atom is 0.248 e. The number of sulfonamides is 2. The molecule has 0 bridgehead atoms. The van der Waals surface area contributed by atoms with Crippen LogP contribution in [0.25, 0.3) is 0 Å². The Bertz CT molecular complexity index is 1240. The molecule has 0 aliphatic carbocycles. The minimum absolute atomic E-state index is 0.0216. The van der Waals surface area contributed by atoms with Crippen LogP contribution >= 0.6 is 0 Å². The molecule has 0 unspecified atom stereocenters. The molecule has 0 spiro atoms. The molecular weight excluding hydrogens is 482 g/mol. The molecule has 0 aromatic heterocycles. The molecule has 2 aromatic carbocycles. The SMILES string of the molecule is COc1ccc(N([C@@H](C)C(=O)Nc2cc(S(=O)(=O)N3CCCC3)ccc2OC)S(C)(=O)=O)cc1. The third kappa shape index (κ3) is 5.45. The van der Waals surface area contributed by atoms with Gasteiger partial charge in [-0.2, -0.15) is 4.31 Å². The van der Waals surface area contributed by atoms with E-state index in [0.29, 0.717) is 18.8 Å². The number of anilines is 2. The van der Waals surface area contributed by atoms with Gasteiger partial charge in [0.05, 0.1) is 36.7 Å². The summed E-state index contributed by atoms with van der Waals surface area (Å²) in [5.74, 6) is 0.126. The van der Waals surface area contributed by atoms with Crippen molar-refractivity contribution in [2.24, 2.45) is 0 Å². The van der Waals surface area contributed by atoms with Crippen LogP contribution in [0.15, 0.2) is 47.4 Å². The zero-order valence-corrected chi connectivity index (χ0v) is 21.1. The molecule has 10 nitrogen and oxygen atoms in total. The van der Waals surface area contributed by atoms with E-state index in [1.807, 2.05) is 0 Å². The Morgan fingerprint density at radius 1 is 1.00 bits per heavy atom. The van der Waals surface area contributed by atoms with Gasteiger partial charge in [0.1, 0.15) is 17.5 Å². The second-order valence-corrected chi connectivity index (χ2v) is 11.7. The third-order valence-electron chi connectivity index (χ3n) is 5.55. The number of carbonyl (C=O) groups excluding carboxylic acids is 1. The largest absolute Gasteiger partial charge is 0.497 e. The topological polar surface area (TPSA) is 122 Å². The van der Waals surface area contributed by atoms with Gasteiger partial charge in [-0.3, -0.25) is 9.10 Å². The van der Waals surface area contributed by atoms with E-state index in [4.69, 9.17) is 9.47 Å². The molecule has 2 aromatic rings. The molecule has 3 rings (SSSR count). The van der Waals surface area contributed by atoms with Crippen LogP contribution in [0.4, 0.5) is 11.4 Å². The number of ether oxygens (including phenoxy) is 2. The lowest BCUT2D eigenvalue weighted by Crippen LogP contribution is -2.45. The predicted octanol–water partition coefficient (Wildman–Crippen LogP) is 2.28. The van der Waals surface area contributed by atoms with E-state index < -0.39 is 32.0 Å². The van der Waals surface area contributed by atoms with Crippen LogP contribution in [-0.2, 0) is 24.8 Å². The summed E-state index contributed by atoms with van der Waals surface area (Å²) in [4.78, 5) is 13.1. The van der Waals surface area contributed by atoms with E-state index in [-0.39, 0.29) is 22.0 Å². The van der Waals surface area contributed by atoms with Crippen LogP contribution in [0.3, 0.4) is 0 Å². The number of rotatable bonds is 9. The molecule has 1 N–H and O–H groups in total. The highest BCUT2D eigenvalue weighted by Crippen LogP contribution is 2.31. The summed E-state index contributed by atoms with van der Waals surface area (Å²) in [6.45, 7) is 2.33. The number of benzene rings is 2. The van der Waals surface area contributed by atoms with Crippen LogP contribution in [-0.4, -0.2) is 66.7 Å². The fourth-order valence-electron chi connectivity index (χ4n) is 3.80. The van der Waals surface area contributed by atoms with Gasteiger partial charge in [-0.25, -0.2) is 16.8 Å². The average molecular weight is 512 g/mol. The van der Waals surface area contributed by atoms with Gasteiger partial charge in [-0.05, 0) is 62.2 Å². The Balaban J connectivity index is 1.91. The van der Waals surface area contributed by atoms with Gasteiger partial charge >= 0.3 is 0 Å². The van der Waals surface area contributed by atoms with Crippen LogP contribution < -0.4 is 19.1 Å². The normalized spacial score (nSPS) is 15.5. The van der Waals surface area contributed by atoms with Crippen molar-refractivity contribution in [3.63, 3.8) is 0 Å². The first-order valence-corrected chi connectivity index (χ1v) is 13.9. The number of amides is 1. The van der Waals surface area contributed by atoms with Gasteiger partial charge in [0, 0.05) is 13.1 Å². The molecule has 0 saturated carbocycles. The average Bonchev–Trinajstić information content (AvgIpc) is 3.34. The minimum atomic E-state index is -3.83. The molecule has 34 heavy (non-hydrogen) atoms. The quantitative estimate of drug-likeness (QED) is 0.548. The first kappa shape index (κ1) is 25.8. The van der Waals surface area contributed by atoms with Crippen LogP contribution in [0.1, 0.15) is 19.8 Å². The van der Waals surface area contributed by atoms with Gasteiger partial charge in [-0.15, -0.1) is 0 Å². The summed E-state index contributed by atoms with van der Waals surface area (Å²) in [6.07, 6.45) is 2.59. The van der Waals surface area contributed by atoms with E-state index >= 15 is 0 Å². The van der Waals surface area contributed by atoms with Crippen molar-refractivity contribution in [2.75, 3.05) is 43.2 Å². The lowest BCUT2D eigenvalue weighted by molar-refractivity contribution is -0.116. The van der Waals surface area contributed by atoms with Gasteiger partial charge in [0.15, 0.2) is 0 Å². The molecule has 1 heterocycles. The molecule has 186 valence electrons. The first-order chi connectivity index (χ1) is 16.0. The van der Waals surface area contributed by atoms with Crippen LogP contribution in [0.2, 0.25) is 0 Å². The summed E-state index contributed by atoms with van der Waals surface area (Å²) in [7, 11) is -4.67. The number of nitrogens with zero attached hydrogens (tertiary/aromatic N) is 2. The standard InChI is InChI=1S/C22H29N3O7S2/c1-16(25(33(4,27)28)17-7-9-18(31-2)10-8-17)22(26)23-20-15-19(11-12-21(20)32-3)34(29,30)24-13-5-6-14-24/h7-12,15-16H,5-6,13-14H2,1-4H3,(H,23,26)/t16-/m0/s1. The fourth-order valence-corrected chi connectivity index (χ4v) is 6.52.